The molecule has 2 aromatic carbocycles. The van der Waals surface area contributed by atoms with Gasteiger partial charge in [0.15, 0.2) is 0 Å². The van der Waals surface area contributed by atoms with Gasteiger partial charge in [-0.25, -0.2) is 4.79 Å². The van der Waals surface area contributed by atoms with Crippen molar-refractivity contribution in [3.63, 3.8) is 0 Å². The summed E-state index contributed by atoms with van der Waals surface area (Å²) in [6, 6.07) is 12.4. The first-order chi connectivity index (χ1) is 8.20. The fourth-order valence-electron chi connectivity index (χ4n) is 2.41. The van der Waals surface area contributed by atoms with E-state index in [0.717, 1.165) is 11.1 Å². The second-order valence-corrected chi connectivity index (χ2v) is 4.06. The van der Waals surface area contributed by atoms with Gasteiger partial charge in [0, 0.05) is 5.56 Å². The molecule has 1 aliphatic rings. The van der Waals surface area contributed by atoms with Gasteiger partial charge in [0.25, 0.3) is 0 Å². The largest absolute Gasteiger partial charge is 0.478 e. The van der Waals surface area contributed by atoms with Crippen molar-refractivity contribution in [2.75, 3.05) is 0 Å². The zero-order valence-electron chi connectivity index (χ0n) is 8.92. The highest BCUT2D eigenvalue weighted by molar-refractivity contribution is 5.99. The predicted molar refractivity (Wildman–Crippen MR) is 62.9 cm³/mol. The van der Waals surface area contributed by atoms with Gasteiger partial charge >= 0.3 is 5.97 Å². The zero-order valence-corrected chi connectivity index (χ0v) is 8.92. The molecule has 0 bridgehead atoms. The molecular formula is C14H10O3. The Bertz CT molecular complexity index is 617. The van der Waals surface area contributed by atoms with Crippen molar-refractivity contribution in [3.8, 4) is 11.1 Å². The third-order valence-electron chi connectivity index (χ3n) is 3.15. The summed E-state index contributed by atoms with van der Waals surface area (Å²) < 4.78 is 0. The summed E-state index contributed by atoms with van der Waals surface area (Å²) >= 11 is 0. The van der Waals surface area contributed by atoms with Crippen LogP contribution in [0.2, 0.25) is 0 Å². The third kappa shape index (κ3) is 1.29. The maximum absolute atomic E-state index is 11.2. The number of fused-ring (bicyclic) bond motifs is 3. The Kier molecular flexibility index (Phi) is 2.03. The van der Waals surface area contributed by atoms with E-state index in [0.29, 0.717) is 11.1 Å². The summed E-state index contributed by atoms with van der Waals surface area (Å²) in [5.74, 6) is -0.967. The summed E-state index contributed by atoms with van der Waals surface area (Å²) in [5.41, 5.74) is 3.14. The molecule has 0 spiro atoms. The van der Waals surface area contributed by atoms with Crippen LogP contribution < -0.4 is 0 Å². The van der Waals surface area contributed by atoms with E-state index in [-0.39, 0.29) is 5.56 Å². The van der Waals surface area contributed by atoms with Crippen LogP contribution in [-0.2, 0) is 0 Å². The number of carbonyl (C=O) groups is 1. The molecule has 1 unspecified atom stereocenters. The normalized spacial score (nSPS) is 16.4. The quantitative estimate of drug-likeness (QED) is 0.785. The molecule has 3 rings (SSSR count). The van der Waals surface area contributed by atoms with Crippen molar-refractivity contribution in [2.45, 2.75) is 6.10 Å². The maximum Gasteiger partial charge on any atom is 0.336 e. The summed E-state index contributed by atoms with van der Waals surface area (Å²) in [6.45, 7) is 0. The van der Waals surface area contributed by atoms with Crippen molar-refractivity contribution >= 4 is 5.97 Å². The lowest BCUT2D eigenvalue weighted by Crippen LogP contribution is -2.00. The Labute approximate surface area is 98.0 Å². The van der Waals surface area contributed by atoms with Crippen LogP contribution in [-0.4, -0.2) is 16.2 Å². The number of carboxylic acids is 1. The van der Waals surface area contributed by atoms with Crippen LogP contribution in [0.3, 0.4) is 0 Å². The van der Waals surface area contributed by atoms with Crippen molar-refractivity contribution in [1.29, 1.82) is 0 Å². The lowest BCUT2D eigenvalue weighted by atomic mass is 9.99. The summed E-state index contributed by atoms with van der Waals surface area (Å²) in [6.07, 6.45) is -0.722. The van der Waals surface area contributed by atoms with Gasteiger partial charge in [-0.15, -0.1) is 0 Å². The molecule has 84 valence electrons. The molecular weight excluding hydrogens is 216 g/mol. The Morgan fingerprint density at radius 1 is 1.00 bits per heavy atom. The first kappa shape index (κ1) is 10.1. The first-order valence-corrected chi connectivity index (χ1v) is 5.33. The van der Waals surface area contributed by atoms with Crippen LogP contribution in [0.5, 0.6) is 0 Å². The highest BCUT2D eigenvalue weighted by Crippen LogP contribution is 2.44. The molecule has 1 aliphatic carbocycles. The van der Waals surface area contributed by atoms with Gasteiger partial charge in [0.05, 0.1) is 5.56 Å². The van der Waals surface area contributed by atoms with Crippen LogP contribution in [0.4, 0.5) is 0 Å². The minimum atomic E-state index is -0.967. The second kappa shape index (κ2) is 3.43. The molecule has 0 aromatic heterocycles. The van der Waals surface area contributed by atoms with Crippen LogP contribution in [0.15, 0.2) is 42.5 Å². The maximum atomic E-state index is 11.2. The number of aliphatic hydroxyl groups excluding tert-OH is 1. The average molecular weight is 226 g/mol. The van der Waals surface area contributed by atoms with Crippen molar-refractivity contribution in [2.24, 2.45) is 0 Å². The van der Waals surface area contributed by atoms with E-state index in [2.05, 4.69) is 0 Å². The first-order valence-electron chi connectivity index (χ1n) is 5.33. The highest BCUT2D eigenvalue weighted by atomic mass is 16.4. The van der Waals surface area contributed by atoms with Gasteiger partial charge < -0.3 is 10.2 Å². The Hall–Kier alpha value is -2.13. The second-order valence-electron chi connectivity index (χ2n) is 4.06. The van der Waals surface area contributed by atoms with Crippen molar-refractivity contribution < 1.29 is 15.0 Å². The van der Waals surface area contributed by atoms with E-state index >= 15 is 0 Å². The van der Waals surface area contributed by atoms with E-state index in [1.54, 1.807) is 18.2 Å². The minimum absolute atomic E-state index is 0.242. The lowest BCUT2D eigenvalue weighted by Gasteiger charge is -2.06. The van der Waals surface area contributed by atoms with Crippen molar-refractivity contribution in [1.82, 2.24) is 0 Å². The van der Waals surface area contributed by atoms with Crippen LogP contribution in [0.1, 0.15) is 27.6 Å². The molecule has 0 fully saturated rings. The fourth-order valence-corrected chi connectivity index (χ4v) is 2.41. The standard InChI is InChI=1S/C14H10O3/c15-13-9-5-2-1-4-8(9)12-10(13)6-3-7-11(12)14(16)17/h1-7,13,15H,(H,16,17). The number of carboxylic acid groups (broad SMARTS) is 1. The molecule has 0 aliphatic heterocycles. The number of aliphatic hydroxyl groups is 1. The topological polar surface area (TPSA) is 57.5 Å². The molecule has 2 N–H and O–H groups in total. The van der Waals surface area contributed by atoms with Gasteiger partial charge in [0.2, 0.25) is 0 Å². The van der Waals surface area contributed by atoms with Gasteiger partial charge in [-0.1, -0.05) is 36.4 Å². The van der Waals surface area contributed by atoms with Gasteiger partial charge in [-0.3, -0.25) is 0 Å². The van der Waals surface area contributed by atoms with E-state index in [1.165, 1.54) is 0 Å². The van der Waals surface area contributed by atoms with E-state index in [4.69, 9.17) is 0 Å². The Morgan fingerprint density at radius 3 is 2.47 bits per heavy atom. The van der Waals surface area contributed by atoms with Gasteiger partial charge in [0.1, 0.15) is 6.10 Å². The molecule has 3 heteroatoms. The van der Waals surface area contributed by atoms with E-state index in [9.17, 15) is 15.0 Å². The SMILES string of the molecule is O=C(O)c1cccc2c1-c1ccccc1C2O. The molecule has 17 heavy (non-hydrogen) atoms. The smallest absolute Gasteiger partial charge is 0.336 e. The van der Waals surface area contributed by atoms with Gasteiger partial charge in [-0.2, -0.15) is 0 Å². The predicted octanol–water partition coefficient (Wildman–Crippen LogP) is 2.45. The number of rotatable bonds is 1. The van der Waals surface area contributed by atoms with Crippen LogP contribution >= 0.6 is 0 Å². The Morgan fingerprint density at radius 2 is 1.71 bits per heavy atom. The molecule has 1 atom stereocenters. The molecule has 0 saturated carbocycles. The lowest BCUT2D eigenvalue weighted by molar-refractivity contribution is 0.0697. The number of hydrogen-bond donors (Lipinski definition) is 2. The van der Waals surface area contributed by atoms with Crippen LogP contribution in [0, 0.1) is 0 Å². The highest BCUT2D eigenvalue weighted by Gasteiger charge is 2.29. The summed E-state index contributed by atoms with van der Waals surface area (Å²) in [4.78, 5) is 11.2. The average Bonchev–Trinajstić information content (AvgIpc) is 2.64. The number of benzene rings is 2. The molecule has 0 radical (unpaired) electrons. The molecule has 0 heterocycles. The monoisotopic (exact) mass is 226 g/mol. The van der Waals surface area contributed by atoms with Gasteiger partial charge in [-0.05, 0) is 22.8 Å². The molecule has 3 nitrogen and oxygen atoms in total. The molecule has 0 amide bonds. The van der Waals surface area contributed by atoms with E-state index in [1.807, 2.05) is 24.3 Å². The van der Waals surface area contributed by atoms with Crippen molar-refractivity contribution in [3.05, 3.63) is 59.2 Å². The number of aromatic carboxylic acids is 1. The molecule has 2 aromatic rings. The Balaban J connectivity index is 2.38. The van der Waals surface area contributed by atoms with Crippen LogP contribution in [0.25, 0.3) is 11.1 Å². The zero-order chi connectivity index (χ0) is 12.0. The summed E-state index contributed by atoms with van der Waals surface area (Å²) in [7, 11) is 0. The minimum Gasteiger partial charge on any atom is -0.478 e. The molecule has 0 saturated heterocycles. The van der Waals surface area contributed by atoms with E-state index < -0.39 is 12.1 Å². The third-order valence-corrected chi connectivity index (χ3v) is 3.15. The number of hydrogen-bond acceptors (Lipinski definition) is 2. The fraction of sp³-hybridized carbons (Fsp3) is 0.0714. The summed E-state index contributed by atoms with van der Waals surface area (Å²) in [5, 5.41) is 19.3.